The molecule has 2 heterocycles. The maximum atomic E-state index is 4.41. The molecule has 3 aromatic rings. The molecule has 0 spiro atoms. The van der Waals surface area contributed by atoms with E-state index in [-0.39, 0.29) is 0 Å². The Balaban J connectivity index is 1.50. The zero-order valence-corrected chi connectivity index (χ0v) is 12.3. The summed E-state index contributed by atoms with van der Waals surface area (Å²) < 4.78 is 2.21. The highest BCUT2D eigenvalue weighted by Crippen LogP contribution is 2.15. The zero-order chi connectivity index (χ0) is 13.8. The second-order valence-electron chi connectivity index (χ2n) is 4.83. The molecule has 0 amide bonds. The third-order valence-corrected chi connectivity index (χ3v) is 4.33. The predicted molar refractivity (Wildman–Crippen MR) is 82.9 cm³/mol. The van der Waals surface area contributed by atoms with Crippen molar-refractivity contribution in [1.82, 2.24) is 19.9 Å². The summed E-state index contributed by atoms with van der Waals surface area (Å²) in [6.07, 6.45) is 4.86. The van der Waals surface area contributed by atoms with Crippen LogP contribution in [0.15, 0.2) is 42.2 Å². The van der Waals surface area contributed by atoms with Crippen LogP contribution in [-0.4, -0.2) is 21.1 Å². The van der Waals surface area contributed by atoms with Gasteiger partial charge in [-0.05, 0) is 32.0 Å². The van der Waals surface area contributed by atoms with Crippen LogP contribution in [0.5, 0.6) is 0 Å². The fourth-order valence-electron chi connectivity index (χ4n) is 2.29. The topological polar surface area (TPSA) is 42.7 Å². The summed E-state index contributed by atoms with van der Waals surface area (Å²) >= 11 is 1.70. The number of aromatic nitrogens is 3. The molecule has 0 saturated heterocycles. The van der Waals surface area contributed by atoms with Crippen molar-refractivity contribution in [2.45, 2.75) is 25.9 Å². The molecule has 0 aliphatic heterocycles. The average Bonchev–Trinajstić information content (AvgIpc) is 3.13. The summed E-state index contributed by atoms with van der Waals surface area (Å²) in [5.41, 5.74) is 2.28. The average molecular weight is 286 g/mol. The van der Waals surface area contributed by atoms with Crippen LogP contribution in [0.1, 0.15) is 24.4 Å². The first-order chi connectivity index (χ1) is 9.84. The molecule has 0 aliphatic rings. The van der Waals surface area contributed by atoms with E-state index in [4.69, 9.17) is 0 Å². The molecule has 0 aliphatic carbocycles. The Hall–Kier alpha value is -1.72. The van der Waals surface area contributed by atoms with Gasteiger partial charge in [0.1, 0.15) is 5.01 Å². The standard InChI is InChI=1S/C15H18N4S/c1-12(15-17-8-10-20-15)16-7-4-9-19-11-18-13-5-2-3-6-14(13)19/h2-3,5-6,8,10-12,16H,4,7,9H2,1H3. The first kappa shape index (κ1) is 13.3. The monoisotopic (exact) mass is 286 g/mol. The second-order valence-corrected chi connectivity index (χ2v) is 5.75. The fraction of sp³-hybridized carbons (Fsp3) is 0.333. The molecule has 20 heavy (non-hydrogen) atoms. The third-order valence-electron chi connectivity index (χ3n) is 3.38. The van der Waals surface area contributed by atoms with E-state index in [0.717, 1.165) is 30.0 Å². The smallest absolute Gasteiger partial charge is 0.109 e. The number of para-hydroxylation sites is 2. The minimum absolute atomic E-state index is 0.328. The molecule has 2 aromatic heterocycles. The van der Waals surface area contributed by atoms with Gasteiger partial charge < -0.3 is 9.88 Å². The quantitative estimate of drug-likeness (QED) is 0.707. The largest absolute Gasteiger partial charge is 0.331 e. The van der Waals surface area contributed by atoms with Crippen LogP contribution in [0.25, 0.3) is 11.0 Å². The van der Waals surface area contributed by atoms with E-state index in [1.165, 1.54) is 5.52 Å². The fourth-order valence-corrected chi connectivity index (χ4v) is 2.96. The van der Waals surface area contributed by atoms with Crippen LogP contribution in [0.4, 0.5) is 0 Å². The maximum Gasteiger partial charge on any atom is 0.109 e. The molecule has 3 rings (SSSR count). The lowest BCUT2D eigenvalue weighted by Gasteiger charge is -2.11. The molecular formula is C15H18N4S. The minimum atomic E-state index is 0.328. The number of benzene rings is 1. The normalized spacial score (nSPS) is 12.8. The maximum absolute atomic E-state index is 4.41. The number of nitrogens with one attached hydrogen (secondary N) is 1. The molecule has 5 heteroatoms. The number of fused-ring (bicyclic) bond motifs is 1. The van der Waals surface area contributed by atoms with E-state index in [0.29, 0.717) is 6.04 Å². The van der Waals surface area contributed by atoms with E-state index < -0.39 is 0 Å². The highest BCUT2D eigenvalue weighted by atomic mass is 32.1. The molecule has 0 fully saturated rings. The summed E-state index contributed by atoms with van der Waals surface area (Å²) in [7, 11) is 0. The van der Waals surface area contributed by atoms with E-state index in [2.05, 4.69) is 45.0 Å². The van der Waals surface area contributed by atoms with E-state index in [9.17, 15) is 0 Å². The molecule has 1 N–H and O–H groups in total. The van der Waals surface area contributed by atoms with Crippen molar-refractivity contribution < 1.29 is 0 Å². The van der Waals surface area contributed by atoms with Crippen LogP contribution in [-0.2, 0) is 6.54 Å². The third kappa shape index (κ3) is 2.89. The van der Waals surface area contributed by atoms with Crippen molar-refractivity contribution in [3.63, 3.8) is 0 Å². The summed E-state index contributed by atoms with van der Waals surface area (Å²) in [6, 6.07) is 8.58. The van der Waals surface area contributed by atoms with Crippen molar-refractivity contribution in [1.29, 1.82) is 0 Å². The van der Waals surface area contributed by atoms with Gasteiger partial charge in [0, 0.05) is 18.1 Å². The number of imidazole rings is 1. The second kappa shape index (κ2) is 6.15. The van der Waals surface area contributed by atoms with E-state index in [1.807, 2.05) is 24.0 Å². The van der Waals surface area contributed by atoms with Gasteiger partial charge in [0.05, 0.1) is 23.4 Å². The number of hydrogen-bond donors (Lipinski definition) is 1. The predicted octanol–water partition coefficient (Wildman–Crippen LogP) is 3.23. The van der Waals surface area contributed by atoms with E-state index >= 15 is 0 Å². The molecular weight excluding hydrogens is 268 g/mol. The molecule has 1 aromatic carbocycles. The van der Waals surface area contributed by atoms with Gasteiger partial charge in [0.25, 0.3) is 0 Å². The molecule has 4 nitrogen and oxygen atoms in total. The summed E-state index contributed by atoms with van der Waals surface area (Å²) in [6.45, 7) is 4.12. The zero-order valence-electron chi connectivity index (χ0n) is 11.5. The Morgan fingerprint density at radius 1 is 1.30 bits per heavy atom. The van der Waals surface area contributed by atoms with Gasteiger partial charge >= 0.3 is 0 Å². The lowest BCUT2D eigenvalue weighted by Crippen LogP contribution is -2.20. The minimum Gasteiger partial charge on any atom is -0.331 e. The summed E-state index contributed by atoms with van der Waals surface area (Å²) in [5.74, 6) is 0. The molecule has 1 unspecified atom stereocenters. The Morgan fingerprint density at radius 3 is 3.05 bits per heavy atom. The van der Waals surface area contributed by atoms with Gasteiger partial charge in [0.15, 0.2) is 0 Å². The van der Waals surface area contributed by atoms with Crippen molar-refractivity contribution in [3.05, 3.63) is 47.2 Å². The highest BCUT2D eigenvalue weighted by Gasteiger charge is 2.06. The van der Waals surface area contributed by atoms with Gasteiger partial charge in [-0.3, -0.25) is 0 Å². The Bertz CT molecular complexity index is 659. The Labute approximate surface area is 122 Å². The van der Waals surface area contributed by atoms with Gasteiger partial charge in [-0.1, -0.05) is 12.1 Å². The van der Waals surface area contributed by atoms with Crippen LogP contribution >= 0.6 is 11.3 Å². The highest BCUT2D eigenvalue weighted by molar-refractivity contribution is 7.09. The van der Waals surface area contributed by atoms with Crippen LogP contribution in [0, 0.1) is 0 Å². The molecule has 1 atom stereocenters. The number of hydrogen-bond acceptors (Lipinski definition) is 4. The summed E-state index contributed by atoms with van der Waals surface area (Å²) in [4.78, 5) is 8.73. The molecule has 0 radical (unpaired) electrons. The van der Waals surface area contributed by atoms with Crippen LogP contribution in [0.2, 0.25) is 0 Å². The first-order valence-corrected chi connectivity index (χ1v) is 7.75. The number of thiazole rings is 1. The van der Waals surface area contributed by atoms with Crippen molar-refractivity contribution >= 4 is 22.4 Å². The first-order valence-electron chi connectivity index (χ1n) is 6.87. The van der Waals surface area contributed by atoms with Crippen LogP contribution in [0.3, 0.4) is 0 Å². The van der Waals surface area contributed by atoms with Crippen molar-refractivity contribution in [3.8, 4) is 0 Å². The summed E-state index contributed by atoms with van der Waals surface area (Å²) in [5, 5.41) is 6.68. The number of nitrogens with zero attached hydrogens (tertiary/aromatic N) is 3. The number of rotatable bonds is 6. The van der Waals surface area contributed by atoms with Gasteiger partial charge in [-0.15, -0.1) is 11.3 Å². The lowest BCUT2D eigenvalue weighted by atomic mass is 10.3. The lowest BCUT2D eigenvalue weighted by molar-refractivity contribution is 0.529. The van der Waals surface area contributed by atoms with E-state index in [1.54, 1.807) is 11.3 Å². The number of aryl methyl sites for hydroxylation is 1. The Kier molecular flexibility index (Phi) is 4.08. The Morgan fingerprint density at radius 2 is 2.20 bits per heavy atom. The molecule has 104 valence electrons. The molecule has 0 bridgehead atoms. The van der Waals surface area contributed by atoms with Crippen molar-refractivity contribution in [2.75, 3.05) is 6.54 Å². The van der Waals surface area contributed by atoms with Crippen LogP contribution < -0.4 is 5.32 Å². The SMILES string of the molecule is CC(NCCCn1cnc2ccccc21)c1nccs1. The molecule has 0 saturated carbocycles. The van der Waals surface area contributed by atoms with Gasteiger partial charge in [0.2, 0.25) is 0 Å². The van der Waals surface area contributed by atoms with Gasteiger partial charge in [-0.25, -0.2) is 9.97 Å². The van der Waals surface area contributed by atoms with Crippen molar-refractivity contribution in [2.24, 2.45) is 0 Å². The van der Waals surface area contributed by atoms with Gasteiger partial charge in [-0.2, -0.15) is 0 Å².